The summed E-state index contributed by atoms with van der Waals surface area (Å²) in [5.74, 6) is -0.160. The van der Waals surface area contributed by atoms with Crippen molar-refractivity contribution in [1.82, 2.24) is 10.3 Å². The van der Waals surface area contributed by atoms with Crippen LogP contribution < -0.4 is 10.1 Å². The lowest BCUT2D eigenvalue weighted by molar-refractivity contribution is 0.174. The van der Waals surface area contributed by atoms with Crippen molar-refractivity contribution >= 4 is 0 Å². The smallest absolute Gasteiger partial charge is 0.165 e. The van der Waals surface area contributed by atoms with E-state index in [0.29, 0.717) is 13.1 Å². The normalized spacial score (nSPS) is 12.2. The molecule has 5 heteroatoms. The van der Waals surface area contributed by atoms with Gasteiger partial charge in [-0.2, -0.15) is 0 Å². The Bertz CT molecular complexity index is 549. The number of pyridine rings is 1. The van der Waals surface area contributed by atoms with Crippen molar-refractivity contribution in [1.29, 1.82) is 0 Å². The highest BCUT2D eigenvalue weighted by Crippen LogP contribution is 2.17. The summed E-state index contributed by atoms with van der Waals surface area (Å²) in [7, 11) is 1.43. The van der Waals surface area contributed by atoms with Gasteiger partial charge in [-0.1, -0.05) is 6.07 Å². The third-order valence-electron chi connectivity index (χ3n) is 2.97. The van der Waals surface area contributed by atoms with Crippen LogP contribution in [-0.4, -0.2) is 23.7 Å². The zero-order valence-electron chi connectivity index (χ0n) is 11.2. The van der Waals surface area contributed by atoms with Gasteiger partial charge >= 0.3 is 0 Å². The fraction of sp³-hybridized carbons (Fsp3) is 0.267. The van der Waals surface area contributed by atoms with E-state index < -0.39 is 6.10 Å². The Labute approximate surface area is 117 Å². The van der Waals surface area contributed by atoms with Crippen molar-refractivity contribution in [2.24, 2.45) is 0 Å². The molecule has 0 bridgehead atoms. The van der Waals surface area contributed by atoms with E-state index in [0.717, 1.165) is 11.1 Å². The first-order valence-corrected chi connectivity index (χ1v) is 6.32. The van der Waals surface area contributed by atoms with E-state index in [2.05, 4.69) is 10.3 Å². The number of rotatable bonds is 6. The Morgan fingerprint density at radius 2 is 2.05 bits per heavy atom. The first-order chi connectivity index (χ1) is 9.70. The molecule has 1 atom stereocenters. The molecule has 1 aromatic carbocycles. The number of methoxy groups -OCH3 is 1. The highest BCUT2D eigenvalue weighted by Gasteiger charge is 2.07. The molecule has 0 aliphatic rings. The Morgan fingerprint density at radius 1 is 1.30 bits per heavy atom. The predicted molar refractivity (Wildman–Crippen MR) is 73.9 cm³/mol. The van der Waals surface area contributed by atoms with E-state index in [-0.39, 0.29) is 11.6 Å². The Balaban J connectivity index is 1.85. The van der Waals surface area contributed by atoms with Crippen molar-refractivity contribution in [3.63, 3.8) is 0 Å². The highest BCUT2D eigenvalue weighted by atomic mass is 19.1. The molecular weight excluding hydrogens is 259 g/mol. The molecule has 0 aliphatic heterocycles. The summed E-state index contributed by atoms with van der Waals surface area (Å²) in [6.45, 7) is 0.862. The Kier molecular flexibility index (Phi) is 5.03. The highest BCUT2D eigenvalue weighted by molar-refractivity contribution is 5.29. The number of hydrogen-bond donors (Lipinski definition) is 2. The standard InChI is InChI=1S/C15H17FN2O2/c1-20-15-3-2-11(8-13(15)16)9-18-10-14(19)12-4-6-17-7-5-12/h2-8,14,18-19H,9-10H2,1H3. The van der Waals surface area contributed by atoms with Crippen LogP contribution in [0.4, 0.5) is 4.39 Å². The van der Waals surface area contributed by atoms with Crippen LogP contribution in [0.25, 0.3) is 0 Å². The number of halogens is 1. The third-order valence-corrected chi connectivity index (χ3v) is 2.97. The number of hydrogen-bond acceptors (Lipinski definition) is 4. The molecule has 0 saturated carbocycles. The first kappa shape index (κ1) is 14.4. The average molecular weight is 276 g/mol. The molecule has 1 aromatic heterocycles. The van der Waals surface area contributed by atoms with Crippen molar-refractivity contribution in [3.05, 3.63) is 59.7 Å². The van der Waals surface area contributed by atoms with E-state index >= 15 is 0 Å². The van der Waals surface area contributed by atoms with E-state index in [1.165, 1.54) is 13.2 Å². The summed E-state index contributed by atoms with van der Waals surface area (Å²) in [6.07, 6.45) is 2.66. The summed E-state index contributed by atoms with van der Waals surface area (Å²) in [4.78, 5) is 3.90. The number of aliphatic hydroxyl groups is 1. The molecule has 20 heavy (non-hydrogen) atoms. The van der Waals surface area contributed by atoms with Crippen molar-refractivity contribution in [3.8, 4) is 5.75 Å². The molecule has 1 unspecified atom stereocenters. The lowest BCUT2D eigenvalue weighted by Gasteiger charge is -2.12. The van der Waals surface area contributed by atoms with Gasteiger partial charge in [0.15, 0.2) is 11.6 Å². The summed E-state index contributed by atoms with van der Waals surface area (Å²) >= 11 is 0. The van der Waals surface area contributed by atoms with Gasteiger partial charge < -0.3 is 15.2 Å². The average Bonchev–Trinajstić information content (AvgIpc) is 2.48. The third kappa shape index (κ3) is 3.76. The number of aromatic nitrogens is 1. The van der Waals surface area contributed by atoms with Crippen LogP contribution >= 0.6 is 0 Å². The van der Waals surface area contributed by atoms with Crippen molar-refractivity contribution < 1.29 is 14.2 Å². The van der Waals surface area contributed by atoms with E-state index in [9.17, 15) is 9.50 Å². The van der Waals surface area contributed by atoms with Crippen LogP contribution in [0.2, 0.25) is 0 Å². The van der Waals surface area contributed by atoms with Gasteiger partial charge in [0.2, 0.25) is 0 Å². The van der Waals surface area contributed by atoms with Gasteiger partial charge in [0, 0.05) is 25.5 Å². The van der Waals surface area contributed by atoms with Crippen LogP contribution in [0.15, 0.2) is 42.7 Å². The molecule has 2 rings (SSSR count). The van der Waals surface area contributed by atoms with Gasteiger partial charge in [-0.15, -0.1) is 0 Å². The largest absolute Gasteiger partial charge is 0.494 e. The van der Waals surface area contributed by atoms with E-state index in [1.54, 1.807) is 36.7 Å². The summed E-state index contributed by atoms with van der Waals surface area (Å²) in [5, 5.41) is 13.0. The summed E-state index contributed by atoms with van der Waals surface area (Å²) in [6, 6.07) is 8.32. The zero-order valence-corrected chi connectivity index (χ0v) is 11.2. The van der Waals surface area contributed by atoms with Crippen molar-refractivity contribution in [2.75, 3.05) is 13.7 Å². The van der Waals surface area contributed by atoms with Crippen LogP contribution in [-0.2, 0) is 6.54 Å². The predicted octanol–water partition coefficient (Wildman–Crippen LogP) is 2.05. The molecule has 2 aromatic rings. The van der Waals surface area contributed by atoms with Crippen LogP contribution in [0.5, 0.6) is 5.75 Å². The molecule has 1 heterocycles. The molecule has 0 spiro atoms. The van der Waals surface area contributed by atoms with Gasteiger partial charge in [0.25, 0.3) is 0 Å². The zero-order chi connectivity index (χ0) is 14.4. The fourth-order valence-electron chi connectivity index (χ4n) is 1.88. The maximum Gasteiger partial charge on any atom is 0.165 e. The molecule has 2 N–H and O–H groups in total. The van der Waals surface area contributed by atoms with Gasteiger partial charge in [0.1, 0.15) is 0 Å². The maximum absolute atomic E-state index is 13.5. The number of ether oxygens (including phenoxy) is 1. The number of nitrogens with zero attached hydrogens (tertiary/aromatic N) is 1. The summed E-state index contributed by atoms with van der Waals surface area (Å²) < 4.78 is 18.4. The molecule has 4 nitrogen and oxygen atoms in total. The lowest BCUT2D eigenvalue weighted by Crippen LogP contribution is -2.21. The second-order valence-electron chi connectivity index (χ2n) is 4.40. The van der Waals surface area contributed by atoms with Crippen LogP contribution in [0.3, 0.4) is 0 Å². The molecule has 0 radical (unpaired) electrons. The van der Waals surface area contributed by atoms with Crippen molar-refractivity contribution in [2.45, 2.75) is 12.6 Å². The fourth-order valence-corrected chi connectivity index (χ4v) is 1.88. The second-order valence-corrected chi connectivity index (χ2v) is 4.40. The molecule has 0 saturated heterocycles. The first-order valence-electron chi connectivity index (χ1n) is 6.32. The van der Waals surface area contributed by atoms with Crippen LogP contribution in [0, 0.1) is 5.82 Å². The minimum Gasteiger partial charge on any atom is -0.494 e. The number of nitrogens with one attached hydrogen (secondary N) is 1. The molecule has 0 fully saturated rings. The van der Waals surface area contributed by atoms with Gasteiger partial charge in [-0.25, -0.2) is 4.39 Å². The monoisotopic (exact) mass is 276 g/mol. The molecular formula is C15H17FN2O2. The lowest BCUT2D eigenvalue weighted by atomic mass is 10.1. The maximum atomic E-state index is 13.5. The number of benzene rings is 1. The SMILES string of the molecule is COc1ccc(CNCC(O)c2ccncc2)cc1F. The molecule has 0 amide bonds. The van der Waals surface area contributed by atoms with E-state index in [1.807, 2.05) is 0 Å². The molecule has 0 aliphatic carbocycles. The minimum absolute atomic E-state index is 0.227. The minimum atomic E-state index is -0.610. The van der Waals surface area contributed by atoms with Gasteiger partial charge in [-0.3, -0.25) is 4.98 Å². The summed E-state index contributed by atoms with van der Waals surface area (Å²) in [5.41, 5.74) is 1.60. The quantitative estimate of drug-likeness (QED) is 0.848. The van der Waals surface area contributed by atoms with Crippen LogP contribution in [0.1, 0.15) is 17.2 Å². The number of aliphatic hydroxyl groups excluding tert-OH is 1. The second kappa shape index (κ2) is 6.98. The Morgan fingerprint density at radius 3 is 2.70 bits per heavy atom. The van der Waals surface area contributed by atoms with Gasteiger partial charge in [0.05, 0.1) is 13.2 Å². The van der Waals surface area contributed by atoms with E-state index in [4.69, 9.17) is 4.74 Å². The topological polar surface area (TPSA) is 54.4 Å². The molecule has 106 valence electrons. The van der Waals surface area contributed by atoms with Gasteiger partial charge in [-0.05, 0) is 35.4 Å². The Hall–Kier alpha value is -1.98.